The van der Waals surface area contributed by atoms with E-state index < -0.39 is 0 Å². The number of unbranched alkanes of at least 4 members (excludes halogenated alkanes) is 2. The van der Waals surface area contributed by atoms with Crippen molar-refractivity contribution in [2.75, 3.05) is 0 Å². The molecule has 27 heavy (non-hydrogen) atoms. The number of aliphatic hydroxyl groups excluding tert-OH is 1. The van der Waals surface area contributed by atoms with Crippen molar-refractivity contribution in [3.8, 4) is 0 Å². The molecule has 0 saturated heterocycles. The van der Waals surface area contributed by atoms with Gasteiger partial charge in [0.15, 0.2) is 0 Å². The molecule has 0 saturated carbocycles. The van der Waals surface area contributed by atoms with Gasteiger partial charge in [-0.1, -0.05) is 69.4 Å². The third-order valence-electron chi connectivity index (χ3n) is 5.53. The number of allylic oxidation sites excluding steroid dienone is 2. The SMILES string of the molecule is CCCCCC(O)c1ccc(C2=CCC[C@@H]2CCCc2cc[c-]s2)cc1.[Y]. The minimum Gasteiger partial charge on any atom is -0.388 e. The minimum absolute atomic E-state index is 0. The van der Waals surface area contributed by atoms with Gasteiger partial charge in [0.25, 0.3) is 0 Å². The molecule has 1 N–H and O–H groups in total. The molecule has 0 bridgehead atoms. The Morgan fingerprint density at radius 2 is 1.96 bits per heavy atom. The van der Waals surface area contributed by atoms with Gasteiger partial charge in [-0.15, -0.1) is 10.3 Å². The van der Waals surface area contributed by atoms with Gasteiger partial charge in [0.1, 0.15) is 0 Å². The van der Waals surface area contributed by atoms with Crippen LogP contribution in [0.5, 0.6) is 0 Å². The van der Waals surface area contributed by atoms with Crippen LogP contribution >= 0.6 is 11.3 Å². The molecule has 1 aliphatic rings. The van der Waals surface area contributed by atoms with Crippen LogP contribution in [0.15, 0.2) is 42.5 Å². The average Bonchev–Trinajstić information content (AvgIpc) is 3.34. The van der Waals surface area contributed by atoms with Crippen LogP contribution in [0.4, 0.5) is 0 Å². The molecule has 3 rings (SSSR count). The second-order valence-electron chi connectivity index (χ2n) is 7.48. The van der Waals surface area contributed by atoms with Crippen LogP contribution in [0, 0.1) is 11.3 Å². The van der Waals surface area contributed by atoms with Crippen LogP contribution < -0.4 is 0 Å². The van der Waals surface area contributed by atoms with E-state index in [9.17, 15) is 5.11 Å². The first kappa shape index (κ1) is 23.0. The van der Waals surface area contributed by atoms with E-state index in [-0.39, 0.29) is 38.8 Å². The van der Waals surface area contributed by atoms with E-state index in [2.05, 4.69) is 48.7 Å². The summed E-state index contributed by atoms with van der Waals surface area (Å²) in [7, 11) is 0. The summed E-state index contributed by atoms with van der Waals surface area (Å²) in [6.07, 6.45) is 12.7. The predicted octanol–water partition coefficient (Wildman–Crippen LogP) is 6.98. The van der Waals surface area contributed by atoms with Gasteiger partial charge in [-0.05, 0) is 48.3 Å². The molecular weight excluding hydrogens is 425 g/mol. The minimum atomic E-state index is -0.313. The normalized spacial score (nSPS) is 17.4. The number of aliphatic hydroxyl groups is 1. The van der Waals surface area contributed by atoms with Crippen LogP contribution in [-0.2, 0) is 39.1 Å². The molecule has 1 aromatic heterocycles. The number of aryl methyl sites for hydroxylation is 1. The quantitative estimate of drug-likeness (QED) is 0.302. The maximum atomic E-state index is 10.3. The molecule has 0 aliphatic heterocycles. The van der Waals surface area contributed by atoms with Crippen molar-refractivity contribution in [1.82, 2.24) is 0 Å². The van der Waals surface area contributed by atoms with E-state index in [0.717, 1.165) is 18.4 Å². The third kappa shape index (κ3) is 6.93. The summed E-state index contributed by atoms with van der Waals surface area (Å²) in [6.45, 7) is 2.20. The van der Waals surface area contributed by atoms with Gasteiger partial charge >= 0.3 is 0 Å². The van der Waals surface area contributed by atoms with E-state index >= 15 is 0 Å². The first-order valence-electron chi connectivity index (χ1n) is 10.2. The number of hydrogen-bond donors (Lipinski definition) is 1. The largest absolute Gasteiger partial charge is 0.388 e. The first-order valence-corrected chi connectivity index (χ1v) is 11.0. The number of benzene rings is 1. The van der Waals surface area contributed by atoms with Crippen molar-refractivity contribution in [1.29, 1.82) is 0 Å². The maximum Gasteiger partial charge on any atom is 0.0790 e. The Labute approximate surface area is 194 Å². The average molecular weight is 456 g/mol. The van der Waals surface area contributed by atoms with Gasteiger partial charge in [-0.25, -0.2) is 6.07 Å². The van der Waals surface area contributed by atoms with E-state index in [1.54, 1.807) is 11.3 Å². The summed E-state index contributed by atoms with van der Waals surface area (Å²) < 4.78 is 0. The summed E-state index contributed by atoms with van der Waals surface area (Å²) in [6, 6.07) is 12.9. The van der Waals surface area contributed by atoms with Crippen LogP contribution in [0.1, 0.15) is 80.4 Å². The van der Waals surface area contributed by atoms with E-state index in [1.807, 2.05) is 6.07 Å². The molecule has 0 spiro atoms. The molecule has 2 atom stereocenters. The van der Waals surface area contributed by atoms with Crippen LogP contribution in [0.2, 0.25) is 0 Å². The van der Waals surface area contributed by atoms with Crippen molar-refractivity contribution in [3.63, 3.8) is 0 Å². The smallest absolute Gasteiger partial charge is 0.0790 e. The second kappa shape index (κ2) is 12.3. The summed E-state index contributed by atoms with van der Waals surface area (Å²) in [5, 5.41) is 13.5. The van der Waals surface area contributed by atoms with E-state index in [0.29, 0.717) is 5.92 Å². The van der Waals surface area contributed by atoms with Crippen molar-refractivity contribution in [2.45, 2.75) is 70.8 Å². The Bertz CT molecular complexity index is 675. The van der Waals surface area contributed by atoms with Gasteiger partial charge in [-0.2, -0.15) is 6.07 Å². The first-order chi connectivity index (χ1) is 12.8. The molecule has 1 radical (unpaired) electrons. The monoisotopic (exact) mass is 456 g/mol. The molecule has 2 aromatic rings. The summed E-state index contributed by atoms with van der Waals surface area (Å²) in [5.74, 6) is 0.694. The summed E-state index contributed by atoms with van der Waals surface area (Å²) in [5.41, 5.74) is 3.94. The molecular formula is C24H31OSY-. The second-order valence-corrected chi connectivity index (χ2v) is 8.44. The Kier molecular flexibility index (Phi) is 10.5. The standard InChI is InChI=1S/C24H31OS.Y/c1-2-3-4-13-24(25)21-16-14-20(15-17-21)23-12-6-9-19(23)8-5-10-22-11-7-18-26-22;/h7,11-12,14-17,19,24-25H,2-6,8-10,13H2,1H3;/q-1;/t19-,24?;/m0./s1. The fraction of sp³-hybridized carbons (Fsp3) is 0.500. The Balaban J connectivity index is 0.00000261. The van der Waals surface area contributed by atoms with E-state index in [1.165, 1.54) is 61.0 Å². The molecule has 1 unspecified atom stereocenters. The number of rotatable bonds is 10. The fourth-order valence-corrected chi connectivity index (χ4v) is 4.67. The van der Waals surface area contributed by atoms with Gasteiger partial charge in [-0.3, -0.25) is 0 Å². The summed E-state index contributed by atoms with van der Waals surface area (Å²) in [4.78, 5) is 1.45. The van der Waals surface area contributed by atoms with Crippen molar-refractivity contribution in [2.24, 2.45) is 5.92 Å². The molecule has 1 aromatic carbocycles. The Morgan fingerprint density at radius 3 is 2.67 bits per heavy atom. The summed E-state index contributed by atoms with van der Waals surface area (Å²) >= 11 is 1.75. The van der Waals surface area contributed by atoms with E-state index in [4.69, 9.17) is 0 Å². The molecule has 0 fully saturated rings. The van der Waals surface area contributed by atoms with Crippen molar-refractivity contribution in [3.05, 3.63) is 63.9 Å². The van der Waals surface area contributed by atoms with Crippen LogP contribution in [0.25, 0.3) is 5.57 Å². The van der Waals surface area contributed by atoms with Crippen molar-refractivity contribution >= 4 is 16.9 Å². The molecule has 1 aliphatic carbocycles. The third-order valence-corrected chi connectivity index (χ3v) is 6.39. The Hall–Kier alpha value is -0.276. The van der Waals surface area contributed by atoms with Crippen molar-refractivity contribution < 1.29 is 37.8 Å². The van der Waals surface area contributed by atoms with Crippen LogP contribution in [-0.4, -0.2) is 5.11 Å². The zero-order valence-corrected chi connectivity index (χ0v) is 20.1. The molecule has 143 valence electrons. The topological polar surface area (TPSA) is 20.2 Å². The zero-order valence-electron chi connectivity index (χ0n) is 16.5. The van der Waals surface area contributed by atoms with Gasteiger partial charge in [0.05, 0.1) is 6.10 Å². The fourth-order valence-electron chi connectivity index (χ4n) is 4.00. The van der Waals surface area contributed by atoms with Gasteiger partial charge in [0.2, 0.25) is 0 Å². The molecule has 1 nitrogen and oxygen atoms in total. The molecule has 0 amide bonds. The van der Waals surface area contributed by atoms with Gasteiger partial charge in [0, 0.05) is 32.7 Å². The predicted molar refractivity (Wildman–Crippen MR) is 112 cm³/mol. The maximum absolute atomic E-state index is 10.3. The molecule has 3 heteroatoms. The Morgan fingerprint density at radius 1 is 1.15 bits per heavy atom. The van der Waals surface area contributed by atoms with Crippen LogP contribution in [0.3, 0.4) is 0 Å². The molecule has 1 heterocycles. The number of hydrogen-bond acceptors (Lipinski definition) is 2. The zero-order chi connectivity index (χ0) is 18.2. The van der Waals surface area contributed by atoms with Gasteiger partial charge < -0.3 is 16.4 Å². The number of thiophene rings is 1.